The molecule has 2 N–H and O–H groups in total. The van der Waals surface area contributed by atoms with E-state index >= 15 is 0 Å². The monoisotopic (exact) mass is 320 g/mol. The maximum Gasteiger partial charge on any atom is 0.251 e. The van der Waals surface area contributed by atoms with Crippen LogP contribution >= 0.6 is 11.6 Å². The van der Waals surface area contributed by atoms with Crippen molar-refractivity contribution >= 4 is 17.5 Å². The Kier molecular flexibility index (Phi) is 5.61. The fraction of sp³-hybridized carbons (Fsp3) is 0.250. The maximum atomic E-state index is 11.9. The number of amides is 1. The smallest absolute Gasteiger partial charge is 0.251 e. The van der Waals surface area contributed by atoms with E-state index in [2.05, 4.69) is 10.3 Å². The molecule has 1 aromatic carbocycles. The van der Waals surface area contributed by atoms with E-state index in [1.54, 1.807) is 12.1 Å². The zero-order valence-corrected chi connectivity index (χ0v) is 12.9. The number of ether oxygens (including phenoxy) is 1. The van der Waals surface area contributed by atoms with Crippen LogP contribution in [-0.2, 0) is 6.42 Å². The normalized spacial score (nSPS) is 10.3. The van der Waals surface area contributed by atoms with Crippen LogP contribution in [0.2, 0.25) is 5.02 Å². The first kappa shape index (κ1) is 16.1. The third-order valence-electron chi connectivity index (χ3n) is 3.04. The first-order valence-electron chi connectivity index (χ1n) is 6.98. The van der Waals surface area contributed by atoms with Gasteiger partial charge in [-0.25, -0.2) is 0 Å². The molecule has 2 aromatic rings. The number of carbonyl (C=O) groups is 1. The number of aromatic amines is 1. The molecule has 0 radical (unpaired) electrons. The maximum absolute atomic E-state index is 11.9. The Morgan fingerprint density at radius 2 is 2.14 bits per heavy atom. The molecular weight excluding hydrogens is 304 g/mol. The second-order valence-corrected chi connectivity index (χ2v) is 5.07. The molecule has 22 heavy (non-hydrogen) atoms. The van der Waals surface area contributed by atoms with Crippen LogP contribution in [0.5, 0.6) is 5.75 Å². The van der Waals surface area contributed by atoms with E-state index in [1.807, 2.05) is 19.1 Å². The van der Waals surface area contributed by atoms with E-state index in [0.29, 0.717) is 30.2 Å². The average Bonchev–Trinajstić information content (AvgIpc) is 2.50. The van der Waals surface area contributed by atoms with E-state index in [-0.39, 0.29) is 11.5 Å². The molecule has 0 bridgehead atoms. The number of aromatic nitrogens is 1. The lowest BCUT2D eigenvalue weighted by Crippen LogP contribution is -2.26. The van der Waals surface area contributed by atoms with Crippen LogP contribution in [0.25, 0.3) is 0 Å². The lowest BCUT2D eigenvalue weighted by molar-refractivity contribution is 0.0954. The average molecular weight is 321 g/mol. The molecule has 1 heterocycles. The predicted molar refractivity (Wildman–Crippen MR) is 85.7 cm³/mol. The van der Waals surface area contributed by atoms with Crippen LogP contribution in [0.1, 0.15) is 22.8 Å². The first-order chi connectivity index (χ1) is 10.6. The summed E-state index contributed by atoms with van der Waals surface area (Å²) in [5.74, 6) is 0.475. The van der Waals surface area contributed by atoms with E-state index in [1.165, 1.54) is 12.3 Å². The molecule has 0 aliphatic rings. The van der Waals surface area contributed by atoms with Gasteiger partial charge in [0.1, 0.15) is 5.75 Å². The number of halogens is 1. The Balaban J connectivity index is 1.97. The van der Waals surface area contributed by atoms with Crippen molar-refractivity contribution in [3.63, 3.8) is 0 Å². The lowest BCUT2D eigenvalue weighted by atomic mass is 10.1. The molecule has 0 aliphatic heterocycles. The summed E-state index contributed by atoms with van der Waals surface area (Å²) in [6.07, 6.45) is 2.03. The number of H-pyrrole nitrogens is 1. The Bertz CT molecular complexity index is 713. The number of pyridine rings is 1. The summed E-state index contributed by atoms with van der Waals surface area (Å²) >= 11 is 5.99. The zero-order chi connectivity index (χ0) is 15.9. The van der Waals surface area contributed by atoms with Gasteiger partial charge in [0.25, 0.3) is 5.91 Å². The standard InChI is InChI=1S/C16H17ClN2O3/c1-2-22-14-4-3-13(17)9-11(14)5-8-19-16(21)12-6-7-18-15(20)10-12/h3-4,6-7,9-10H,2,5,8H2,1H3,(H,18,20)(H,19,21). The highest BCUT2D eigenvalue weighted by atomic mass is 35.5. The minimum Gasteiger partial charge on any atom is -0.494 e. The van der Waals surface area contributed by atoms with Crippen molar-refractivity contribution in [1.82, 2.24) is 10.3 Å². The molecule has 6 heteroatoms. The number of nitrogens with one attached hydrogen (secondary N) is 2. The molecule has 0 atom stereocenters. The molecule has 116 valence electrons. The molecule has 5 nitrogen and oxygen atoms in total. The summed E-state index contributed by atoms with van der Waals surface area (Å²) in [7, 11) is 0. The van der Waals surface area contributed by atoms with Gasteiger partial charge in [-0.15, -0.1) is 0 Å². The van der Waals surface area contributed by atoms with Gasteiger partial charge in [-0.2, -0.15) is 0 Å². The van der Waals surface area contributed by atoms with Gasteiger partial charge in [0.15, 0.2) is 0 Å². The molecule has 1 amide bonds. The Hall–Kier alpha value is -2.27. The summed E-state index contributed by atoms with van der Waals surface area (Å²) in [6.45, 7) is 2.90. The highest BCUT2D eigenvalue weighted by Gasteiger charge is 2.08. The highest BCUT2D eigenvalue weighted by molar-refractivity contribution is 6.30. The quantitative estimate of drug-likeness (QED) is 0.858. The fourth-order valence-electron chi connectivity index (χ4n) is 2.04. The van der Waals surface area contributed by atoms with Crippen molar-refractivity contribution in [2.24, 2.45) is 0 Å². The van der Waals surface area contributed by atoms with Gasteiger partial charge in [-0.05, 0) is 43.2 Å². The SMILES string of the molecule is CCOc1ccc(Cl)cc1CCNC(=O)c1cc[nH]c(=O)c1. The minimum absolute atomic E-state index is 0.286. The van der Waals surface area contributed by atoms with Crippen LogP contribution in [-0.4, -0.2) is 24.0 Å². The van der Waals surface area contributed by atoms with Crippen molar-refractivity contribution in [2.75, 3.05) is 13.2 Å². The van der Waals surface area contributed by atoms with Gasteiger partial charge < -0.3 is 15.0 Å². The van der Waals surface area contributed by atoms with E-state index in [9.17, 15) is 9.59 Å². The Labute approximate surface area is 133 Å². The summed E-state index contributed by atoms with van der Waals surface area (Å²) in [5, 5.41) is 3.40. The summed E-state index contributed by atoms with van der Waals surface area (Å²) < 4.78 is 5.53. The molecule has 0 spiro atoms. The fourth-order valence-corrected chi connectivity index (χ4v) is 2.23. The number of carbonyl (C=O) groups excluding carboxylic acids is 1. The molecule has 0 saturated heterocycles. The molecule has 1 aromatic heterocycles. The van der Waals surface area contributed by atoms with Crippen molar-refractivity contribution in [3.8, 4) is 5.75 Å². The highest BCUT2D eigenvalue weighted by Crippen LogP contribution is 2.23. The van der Waals surface area contributed by atoms with Crippen molar-refractivity contribution in [1.29, 1.82) is 0 Å². The third-order valence-corrected chi connectivity index (χ3v) is 3.27. The Morgan fingerprint density at radius 1 is 1.32 bits per heavy atom. The van der Waals surface area contributed by atoms with Gasteiger partial charge in [0.05, 0.1) is 6.61 Å². The lowest BCUT2D eigenvalue weighted by Gasteiger charge is -2.11. The van der Waals surface area contributed by atoms with E-state index in [4.69, 9.17) is 16.3 Å². The summed E-state index contributed by atoms with van der Waals surface area (Å²) in [6, 6.07) is 8.23. The van der Waals surface area contributed by atoms with Gasteiger partial charge in [0, 0.05) is 29.4 Å². The minimum atomic E-state index is -0.305. The van der Waals surface area contributed by atoms with Crippen molar-refractivity contribution < 1.29 is 9.53 Å². The van der Waals surface area contributed by atoms with Crippen molar-refractivity contribution in [3.05, 3.63) is 63.0 Å². The third kappa shape index (κ3) is 4.36. The number of hydrogen-bond acceptors (Lipinski definition) is 3. The number of hydrogen-bond donors (Lipinski definition) is 2. The second kappa shape index (κ2) is 7.66. The van der Waals surface area contributed by atoms with E-state index in [0.717, 1.165) is 11.3 Å². The van der Waals surface area contributed by atoms with Crippen LogP contribution < -0.4 is 15.6 Å². The largest absolute Gasteiger partial charge is 0.494 e. The summed E-state index contributed by atoms with van der Waals surface area (Å²) in [5.41, 5.74) is 0.960. The van der Waals surface area contributed by atoms with Crippen LogP contribution in [0.4, 0.5) is 0 Å². The second-order valence-electron chi connectivity index (χ2n) is 4.63. The van der Waals surface area contributed by atoms with Gasteiger partial charge >= 0.3 is 0 Å². The van der Waals surface area contributed by atoms with E-state index < -0.39 is 0 Å². The van der Waals surface area contributed by atoms with Gasteiger partial charge in [-0.3, -0.25) is 9.59 Å². The molecule has 0 fully saturated rings. The molecule has 0 unspecified atom stereocenters. The number of rotatable bonds is 6. The van der Waals surface area contributed by atoms with Crippen LogP contribution in [0.3, 0.4) is 0 Å². The van der Waals surface area contributed by atoms with Gasteiger partial charge in [-0.1, -0.05) is 11.6 Å². The molecular formula is C16H17ClN2O3. The summed E-state index contributed by atoms with van der Waals surface area (Å²) in [4.78, 5) is 25.6. The topological polar surface area (TPSA) is 71.2 Å². The zero-order valence-electron chi connectivity index (χ0n) is 12.2. The van der Waals surface area contributed by atoms with Crippen molar-refractivity contribution in [2.45, 2.75) is 13.3 Å². The van der Waals surface area contributed by atoms with Crippen LogP contribution in [0, 0.1) is 0 Å². The molecule has 2 rings (SSSR count). The molecule has 0 aliphatic carbocycles. The van der Waals surface area contributed by atoms with Gasteiger partial charge in [0.2, 0.25) is 5.56 Å². The Morgan fingerprint density at radius 3 is 2.86 bits per heavy atom. The molecule has 0 saturated carbocycles. The first-order valence-corrected chi connectivity index (χ1v) is 7.36. The van der Waals surface area contributed by atoms with Crippen LogP contribution in [0.15, 0.2) is 41.3 Å². The predicted octanol–water partition coefficient (Wildman–Crippen LogP) is 2.40. The number of benzene rings is 1.